The lowest BCUT2D eigenvalue weighted by Crippen LogP contribution is -2.15. The van der Waals surface area contributed by atoms with E-state index in [1.54, 1.807) is 19.0 Å². The monoisotopic (exact) mass is 369 g/mol. The van der Waals surface area contributed by atoms with Crippen LogP contribution in [0.4, 0.5) is 25.1 Å². The van der Waals surface area contributed by atoms with Gasteiger partial charge in [0.05, 0.1) is 22.3 Å². The van der Waals surface area contributed by atoms with E-state index in [9.17, 15) is 13.2 Å². The number of H-pyrrole nitrogens is 1. The lowest BCUT2D eigenvalue weighted by Gasteiger charge is -2.10. The summed E-state index contributed by atoms with van der Waals surface area (Å²) in [5.74, 6) is 1.34. The van der Waals surface area contributed by atoms with Gasteiger partial charge in [-0.25, -0.2) is 4.98 Å². The fourth-order valence-electron chi connectivity index (χ4n) is 2.05. The van der Waals surface area contributed by atoms with Gasteiger partial charge >= 0.3 is 6.18 Å². The third-order valence-corrected chi connectivity index (χ3v) is 4.08. The van der Waals surface area contributed by atoms with E-state index < -0.39 is 11.7 Å². The number of benzene rings is 1. The van der Waals surface area contributed by atoms with E-state index in [1.807, 2.05) is 0 Å². The number of rotatable bonds is 4. The lowest BCUT2D eigenvalue weighted by molar-refractivity contribution is -0.137. The van der Waals surface area contributed by atoms with E-state index in [-0.39, 0.29) is 5.95 Å². The first kappa shape index (κ1) is 17.3. The fourth-order valence-corrected chi connectivity index (χ4v) is 2.79. The van der Waals surface area contributed by atoms with Gasteiger partial charge in [-0.3, -0.25) is 0 Å². The van der Waals surface area contributed by atoms with Crippen LogP contribution in [0.5, 0.6) is 0 Å². The minimum absolute atomic E-state index is 0.105. The maximum absolute atomic E-state index is 12.8. The number of aromatic amines is 1. The van der Waals surface area contributed by atoms with Gasteiger partial charge in [-0.2, -0.15) is 28.1 Å². The molecule has 25 heavy (non-hydrogen) atoms. The Morgan fingerprint density at radius 2 is 1.92 bits per heavy atom. The normalized spacial score (nSPS) is 11.9. The molecule has 3 N–H and O–H groups in total. The number of thioether (sulfide) groups is 1. The Bertz CT molecular complexity index is 907. The molecule has 2 heterocycles. The summed E-state index contributed by atoms with van der Waals surface area (Å²) in [5, 5.41) is 0.472. The van der Waals surface area contributed by atoms with E-state index in [4.69, 9.17) is 5.73 Å². The zero-order valence-corrected chi connectivity index (χ0v) is 14.1. The maximum Gasteiger partial charge on any atom is 0.416 e. The smallest absolute Gasteiger partial charge is 0.368 e. The van der Waals surface area contributed by atoms with Crippen LogP contribution in [0.1, 0.15) is 11.4 Å². The number of aromatic nitrogens is 5. The number of hydrogen-bond acceptors (Lipinski definition) is 7. The minimum atomic E-state index is -4.39. The summed E-state index contributed by atoms with van der Waals surface area (Å²) < 4.78 is 38.3. The van der Waals surface area contributed by atoms with Gasteiger partial charge in [0.25, 0.3) is 0 Å². The maximum atomic E-state index is 12.8. The number of anilines is 2. The third-order valence-electron chi connectivity index (χ3n) is 3.21. The Kier molecular flexibility index (Phi) is 4.41. The van der Waals surface area contributed by atoms with Crippen molar-refractivity contribution in [3.05, 3.63) is 29.6 Å². The van der Waals surface area contributed by atoms with Crippen LogP contribution in [0, 0.1) is 0 Å². The second-order valence-corrected chi connectivity index (χ2v) is 6.33. The summed E-state index contributed by atoms with van der Waals surface area (Å²) >= 11 is 1.27. The van der Waals surface area contributed by atoms with Crippen molar-refractivity contribution in [1.29, 1.82) is 0 Å². The van der Waals surface area contributed by atoms with Crippen molar-refractivity contribution in [2.75, 3.05) is 24.7 Å². The first-order chi connectivity index (χ1) is 11.7. The summed E-state index contributed by atoms with van der Waals surface area (Å²) in [7, 11) is 3.56. The van der Waals surface area contributed by atoms with Gasteiger partial charge in [-0.05, 0) is 18.2 Å². The molecule has 0 saturated carbocycles. The van der Waals surface area contributed by atoms with E-state index in [0.717, 1.165) is 12.1 Å². The van der Waals surface area contributed by atoms with E-state index in [0.29, 0.717) is 33.7 Å². The van der Waals surface area contributed by atoms with Gasteiger partial charge in [0.2, 0.25) is 11.9 Å². The van der Waals surface area contributed by atoms with Gasteiger partial charge in [-0.1, -0.05) is 11.8 Å². The number of hydrogen-bond donors (Lipinski definition) is 2. The predicted octanol–water partition coefficient (Wildman–Crippen LogP) is 2.71. The van der Waals surface area contributed by atoms with Crippen molar-refractivity contribution in [3.63, 3.8) is 0 Å². The highest BCUT2D eigenvalue weighted by Gasteiger charge is 2.30. The Morgan fingerprint density at radius 3 is 2.60 bits per heavy atom. The molecule has 0 bridgehead atoms. The minimum Gasteiger partial charge on any atom is -0.368 e. The molecule has 3 rings (SSSR count). The van der Waals surface area contributed by atoms with Gasteiger partial charge in [-0.15, -0.1) is 0 Å². The standard InChI is InChI=1S/C14H14F3N7S/c1-24(2)12-22-10(21-11(18)23-12)6-25-13-19-8-4-3-7(14(15,16)17)5-9(8)20-13/h3-5H,6H2,1-2H3,(H,19,20)(H2,18,21,22,23). The molecule has 132 valence electrons. The summed E-state index contributed by atoms with van der Waals surface area (Å²) in [6, 6.07) is 3.38. The van der Waals surface area contributed by atoms with Crippen molar-refractivity contribution in [1.82, 2.24) is 24.9 Å². The van der Waals surface area contributed by atoms with Crippen molar-refractivity contribution in [2.24, 2.45) is 0 Å². The SMILES string of the molecule is CN(C)c1nc(N)nc(CSc2nc3ccc(C(F)(F)F)cc3[nH]2)n1. The van der Waals surface area contributed by atoms with E-state index in [1.165, 1.54) is 17.8 Å². The predicted molar refractivity (Wildman–Crippen MR) is 89.2 cm³/mol. The topological polar surface area (TPSA) is 96.6 Å². The van der Waals surface area contributed by atoms with Crippen molar-refractivity contribution in [2.45, 2.75) is 17.1 Å². The molecule has 11 heteroatoms. The second-order valence-electron chi connectivity index (χ2n) is 5.36. The molecule has 3 aromatic rings. The van der Waals surface area contributed by atoms with Crippen molar-refractivity contribution in [3.8, 4) is 0 Å². The lowest BCUT2D eigenvalue weighted by atomic mass is 10.2. The molecule has 1 aromatic carbocycles. The van der Waals surface area contributed by atoms with Crippen LogP contribution < -0.4 is 10.6 Å². The Hall–Kier alpha value is -2.56. The first-order valence-electron chi connectivity index (χ1n) is 7.10. The molecule has 0 spiro atoms. The Morgan fingerprint density at radius 1 is 1.16 bits per heavy atom. The third kappa shape index (κ3) is 3.92. The van der Waals surface area contributed by atoms with Crippen LogP contribution in [-0.2, 0) is 11.9 Å². The number of alkyl halides is 3. The number of halogens is 3. The van der Waals surface area contributed by atoms with Crippen molar-refractivity contribution >= 4 is 34.7 Å². The molecular weight excluding hydrogens is 355 g/mol. The van der Waals surface area contributed by atoms with Gasteiger partial charge in [0, 0.05) is 14.1 Å². The van der Waals surface area contributed by atoms with E-state index >= 15 is 0 Å². The molecule has 0 unspecified atom stereocenters. The van der Waals surface area contributed by atoms with E-state index in [2.05, 4.69) is 24.9 Å². The number of nitrogens with two attached hydrogens (primary N) is 1. The largest absolute Gasteiger partial charge is 0.416 e. The zero-order chi connectivity index (χ0) is 18.2. The Balaban J connectivity index is 1.80. The van der Waals surface area contributed by atoms with Crippen LogP contribution >= 0.6 is 11.8 Å². The van der Waals surface area contributed by atoms with Crippen LogP contribution in [0.3, 0.4) is 0 Å². The molecule has 0 aliphatic rings. The van der Waals surface area contributed by atoms with Crippen LogP contribution in [0.15, 0.2) is 23.4 Å². The van der Waals surface area contributed by atoms with Gasteiger partial charge in [0.1, 0.15) is 5.82 Å². The molecular formula is C14H14F3N7S. The van der Waals surface area contributed by atoms with Crippen LogP contribution in [0.25, 0.3) is 11.0 Å². The molecule has 0 amide bonds. The van der Waals surface area contributed by atoms with Gasteiger partial charge in [0.15, 0.2) is 5.16 Å². The fraction of sp³-hybridized carbons (Fsp3) is 0.286. The molecule has 0 aliphatic heterocycles. The highest BCUT2D eigenvalue weighted by Crippen LogP contribution is 2.31. The second kappa shape index (κ2) is 6.39. The quantitative estimate of drug-likeness (QED) is 0.683. The molecule has 0 atom stereocenters. The molecule has 2 aromatic heterocycles. The average molecular weight is 369 g/mol. The number of fused-ring (bicyclic) bond motifs is 1. The molecule has 7 nitrogen and oxygen atoms in total. The van der Waals surface area contributed by atoms with Crippen LogP contribution in [0.2, 0.25) is 0 Å². The summed E-state index contributed by atoms with van der Waals surface area (Å²) in [6.07, 6.45) is -4.39. The number of nitrogen functional groups attached to an aromatic ring is 1. The number of nitrogens with one attached hydrogen (secondary N) is 1. The summed E-state index contributed by atoms with van der Waals surface area (Å²) in [4.78, 5) is 21.1. The molecule has 0 saturated heterocycles. The number of imidazole rings is 1. The highest BCUT2D eigenvalue weighted by atomic mass is 32.2. The highest BCUT2D eigenvalue weighted by molar-refractivity contribution is 7.98. The number of nitrogens with zero attached hydrogens (tertiary/aromatic N) is 5. The molecule has 0 aliphatic carbocycles. The zero-order valence-electron chi connectivity index (χ0n) is 13.3. The molecule has 0 fully saturated rings. The Labute approximate surface area is 144 Å². The van der Waals surface area contributed by atoms with Crippen molar-refractivity contribution < 1.29 is 13.2 Å². The summed E-state index contributed by atoms with van der Waals surface area (Å²) in [6.45, 7) is 0. The van der Waals surface area contributed by atoms with Gasteiger partial charge < -0.3 is 15.6 Å². The van der Waals surface area contributed by atoms with Crippen LogP contribution in [-0.4, -0.2) is 39.0 Å². The molecule has 0 radical (unpaired) electrons. The first-order valence-corrected chi connectivity index (χ1v) is 8.08. The average Bonchev–Trinajstić information content (AvgIpc) is 2.93. The summed E-state index contributed by atoms with van der Waals surface area (Å²) in [5.41, 5.74) is 5.71.